The fraction of sp³-hybridized carbons (Fsp3) is 0.462. The molecule has 0 unspecified atom stereocenters. The van der Waals surface area contributed by atoms with Crippen molar-refractivity contribution in [3.63, 3.8) is 0 Å². The lowest BCUT2D eigenvalue weighted by Gasteiger charge is -2.34. The summed E-state index contributed by atoms with van der Waals surface area (Å²) in [4.78, 5) is 28.9. The Balaban J connectivity index is 1.06. The van der Waals surface area contributed by atoms with Crippen LogP contribution in [0.5, 0.6) is 0 Å². The average molecular weight is 478 g/mol. The minimum Gasteiger partial charge on any atom is -0.384 e. The number of hydrogen-bond donors (Lipinski definition) is 2. The number of hydrogen-bond acceptors (Lipinski definition) is 6. The van der Waals surface area contributed by atoms with Crippen LogP contribution in [0.25, 0.3) is 11.0 Å². The molecule has 5 heterocycles. The zero-order valence-electron chi connectivity index (χ0n) is 19.3. The number of rotatable bonds is 5. The van der Waals surface area contributed by atoms with Crippen LogP contribution >= 0.6 is 11.8 Å². The summed E-state index contributed by atoms with van der Waals surface area (Å²) < 4.78 is 3.61. The number of anilines is 1. The fourth-order valence-corrected chi connectivity index (χ4v) is 6.56. The van der Waals surface area contributed by atoms with E-state index in [1.807, 2.05) is 28.5 Å². The third-order valence-electron chi connectivity index (χ3n) is 7.40. The topological polar surface area (TPSA) is 71.3 Å². The highest BCUT2D eigenvalue weighted by molar-refractivity contribution is 7.99. The van der Waals surface area contributed by atoms with Gasteiger partial charge in [-0.05, 0) is 67.9 Å². The van der Waals surface area contributed by atoms with Crippen LogP contribution in [-0.4, -0.2) is 52.0 Å². The number of thioether (sulfide) groups is 1. The van der Waals surface area contributed by atoms with Gasteiger partial charge in [-0.2, -0.15) is 0 Å². The first-order valence-corrected chi connectivity index (χ1v) is 13.3. The Kier molecular flexibility index (Phi) is 5.97. The van der Waals surface area contributed by atoms with E-state index in [0.29, 0.717) is 12.6 Å². The van der Waals surface area contributed by atoms with Gasteiger partial charge in [0.15, 0.2) is 0 Å². The molecule has 1 atom stereocenters. The second kappa shape index (κ2) is 9.24. The van der Waals surface area contributed by atoms with E-state index in [-0.39, 0.29) is 17.2 Å². The highest BCUT2D eigenvalue weighted by atomic mass is 32.2. The maximum atomic E-state index is 12.7. The number of fused-ring (bicyclic) bond motifs is 1. The van der Waals surface area contributed by atoms with Crippen molar-refractivity contribution in [2.45, 2.75) is 49.3 Å². The molecule has 178 valence electrons. The van der Waals surface area contributed by atoms with E-state index in [4.69, 9.17) is 0 Å². The Morgan fingerprint density at radius 1 is 1.03 bits per heavy atom. The van der Waals surface area contributed by atoms with Crippen molar-refractivity contribution >= 4 is 28.5 Å². The molecule has 3 aromatic rings. The predicted molar refractivity (Wildman–Crippen MR) is 138 cm³/mol. The zero-order valence-corrected chi connectivity index (χ0v) is 20.2. The summed E-state index contributed by atoms with van der Waals surface area (Å²) in [6.45, 7) is 5.34. The second-order valence-corrected chi connectivity index (χ2v) is 10.8. The van der Waals surface area contributed by atoms with Gasteiger partial charge in [0.05, 0.1) is 6.04 Å². The predicted octanol–water partition coefficient (Wildman–Crippen LogP) is 2.88. The molecular formula is C26H31N5O2S. The summed E-state index contributed by atoms with van der Waals surface area (Å²) in [5.74, 6) is 1.18. The summed E-state index contributed by atoms with van der Waals surface area (Å²) in [5.41, 5.74) is 3.34. The SMILES string of the molecule is O=c1ccc2ccc(=O)n3c2n1C[C@H]3CN1CCC(NCc2ccc3c(c2)NCCCS3)CC1. The first-order chi connectivity index (χ1) is 16.7. The largest absolute Gasteiger partial charge is 0.384 e. The quantitative estimate of drug-likeness (QED) is 0.589. The van der Waals surface area contributed by atoms with E-state index >= 15 is 0 Å². The molecule has 6 rings (SSSR count). The molecule has 0 saturated carbocycles. The number of piperidine rings is 1. The van der Waals surface area contributed by atoms with E-state index in [1.54, 1.807) is 16.7 Å². The lowest BCUT2D eigenvalue weighted by atomic mass is 10.0. The molecule has 8 heteroatoms. The van der Waals surface area contributed by atoms with Gasteiger partial charge in [0.1, 0.15) is 5.65 Å². The Bertz CT molecular complexity index is 1320. The average Bonchev–Trinajstić information content (AvgIpc) is 3.08. The Morgan fingerprint density at radius 3 is 2.71 bits per heavy atom. The number of likely N-dealkylation sites (tertiary alicyclic amines) is 1. The number of aromatic nitrogens is 2. The van der Waals surface area contributed by atoms with Gasteiger partial charge in [-0.1, -0.05) is 6.07 Å². The maximum Gasteiger partial charge on any atom is 0.252 e. The molecule has 1 saturated heterocycles. The van der Waals surface area contributed by atoms with Gasteiger partial charge in [0.2, 0.25) is 0 Å². The number of pyridine rings is 2. The summed E-state index contributed by atoms with van der Waals surface area (Å²) in [5, 5.41) is 8.28. The molecule has 0 radical (unpaired) electrons. The standard InChI is InChI=1S/C26H31N5O2S/c32-24-6-3-19-4-7-25(33)31-21(17-30(24)26(19)31)16-29-11-8-20(9-12-29)28-15-18-2-5-23-22(14-18)27-10-1-13-34-23/h2-7,14,20-21,27-28H,1,8-13,15-17H2/t21-/m1/s1. The van der Waals surface area contributed by atoms with Crippen molar-refractivity contribution in [3.8, 4) is 0 Å². The highest BCUT2D eigenvalue weighted by Gasteiger charge is 2.29. The van der Waals surface area contributed by atoms with E-state index in [9.17, 15) is 9.59 Å². The zero-order chi connectivity index (χ0) is 23.1. The van der Waals surface area contributed by atoms with E-state index in [1.165, 1.54) is 28.3 Å². The summed E-state index contributed by atoms with van der Waals surface area (Å²) in [6.07, 6.45) is 3.40. The Labute approximate surface area is 203 Å². The minimum atomic E-state index is -0.0242. The summed E-state index contributed by atoms with van der Waals surface area (Å²) in [6, 6.07) is 14.2. The lowest BCUT2D eigenvalue weighted by molar-refractivity contribution is 0.171. The third-order valence-corrected chi connectivity index (χ3v) is 8.56. The van der Waals surface area contributed by atoms with Crippen LogP contribution in [0.3, 0.4) is 0 Å². The molecule has 2 N–H and O–H groups in total. The molecular weight excluding hydrogens is 446 g/mol. The maximum absolute atomic E-state index is 12.7. The van der Waals surface area contributed by atoms with Gasteiger partial charge in [-0.25, -0.2) is 0 Å². The molecule has 7 nitrogen and oxygen atoms in total. The summed E-state index contributed by atoms with van der Waals surface area (Å²) >= 11 is 1.95. The lowest BCUT2D eigenvalue weighted by Crippen LogP contribution is -2.44. The van der Waals surface area contributed by atoms with Gasteiger partial charge < -0.3 is 15.5 Å². The first kappa shape index (κ1) is 21.9. The molecule has 0 amide bonds. The molecule has 3 aliphatic rings. The first-order valence-electron chi connectivity index (χ1n) is 12.4. The van der Waals surface area contributed by atoms with Crippen LogP contribution in [0.4, 0.5) is 5.69 Å². The summed E-state index contributed by atoms with van der Waals surface area (Å²) in [7, 11) is 0. The number of nitrogens with zero attached hydrogens (tertiary/aromatic N) is 3. The van der Waals surface area contributed by atoms with Crippen molar-refractivity contribution in [1.82, 2.24) is 19.4 Å². The van der Waals surface area contributed by atoms with Crippen LogP contribution in [0, 0.1) is 0 Å². The van der Waals surface area contributed by atoms with E-state index in [0.717, 1.165) is 56.6 Å². The van der Waals surface area contributed by atoms with Crippen molar-refractivity contribution in [2.75, 3.05) is 37.2 Å². The van der Waals surface area contributed by atoms with Gasteiger partial charge in [-0.15, -0.1) is 11.8 Å². The molecule has 0 spiro atoms. The monoisotopic (exact) mass is 477 g/mol. The Morgan fingerprint density at radius 2 is 1.85 bits per heavy atom. The third kappa shape index (κ3) is 4.19. The van der Waals surface area contributed by atoms with Gasteiger partial charge >= 0.3 is 0 Å². The van der Waals surface area contributed by atoms with Crippen molar-refractivity contribution < 1.29 is 0 Å². The minimum absolute atomic E-state index is 0.0143. The molecule has 0 aliphatic carbocycles. The fourth-order valence-electron chi connectivity index (χ4n) is 5.60. The highest BCUT2D eigenvalue weighted by Crippen LogP contribution is 2.31. The molecule has 3 aliphatic heterocycles. The normalized spacial score (nSPS) is 20.8. The smallest absolute Gasteiger partial charge is 0.252 e. The van der Waals surface area contributed by atoms with Crippen LogP contribution in [0.2, 0.25) is 0 Å². The molecule has 0 bridgehead atoms. The molecule has 1 aromatic carbocycles. The van der Waals surface area contributed by atoms with Crippen LogP contribution < -0.4 is 21.8 Å². The van der Waals surface area contributed by atoms with Crippen molar-refractivity contribution in [1.29, 1.82) is 0 Å². The van der Waals surface area contributed by atoms with Gasteiger partial charge in [0.25, 0.3) is 11.1 Å². The molecule has 34 heavy (non-hydrogen) atoms. The van der Waals surface area contributed by atoms with Crippen LogP contribution in [-0.2, 0) is 13.1 Å². The van der Waals surface area contributed by atoms with Gasteiger partial charge in [-0.3, -0.25) is 18.7 Å². The van der Waals surface area contributed by atoms with Gasteiger partial charge in [0, 0.05) is 60.3 Å². The molecule has 2 aromatic heterocycles. The van der Waals surface area contributed by atoms with Crippen molar-refractivity contribution in [3.05, 3.63) is 68.7 Å². The number of nitrogens with one attached hydrogen (secondary N) is 2. The van der Waals surface area contributed by atoms with Crippen molar-refractivity contribution in [2.24, 2.45) is 0 Å². The van der Waals surface area contributed by atoms with Crippen LogP contribution in [0.1, 0.15) is 30.9 Å². The van der Waals surface area contributed by atoms with E-state index < -0.39 is 0 Å². The van der Waals surface area contributed by atoms with Crippen LogP contribution in [0.15, 0.2) is 56.9 Å². The number of benzene rings is 1. The van der Waals surface area contributed by atoms with E-state index in [2.05, 4.69) is 33.7 Å². The molecule has 1 fully saturated rings. The Hall–Kier alpha value is -2.55. The second-order valence-electron chi connectivity index (χ2n) is 9.67.